The average Bonchev–Trinajstić information content (AvgIpc) is 2.83. The molecule has 0 spiro atoms. The first kappa shape index (κ1) is 11.2. The van der Waals surface area contributed by atoms with Gasteiger partial charge < -0.3 is 0 Å². The summed E-state index contributed by atoms with van der Waals surface area (Å²) in [5.74, 6) is 0.570. The Morgan fingerprint density at radius 1 is 0.667 bits per heavy atom. The molecule has 0 aliphatic heterocycles. The van der Waals surface area contributed by atoms with Gasteiger partial charge in [0.2, 0.25) is 0 Å². The SMILES string of the molecule is O=C1[C@@H](c2ccccc2)CC[C@@H]1c1ccccc1. The number of carbonyl (C=O) groups excluding carboxylic acids is 1. The average molecular weight is 236 g/mol. The molecule has 90 valence electrons. The molecule has 1 heteroatoms. The lowest BCUT2D eigenvalue weighted by molar-refractivity contribution is -0.119. The van der Waals surface area contributed by atoms with E-state index in [0.29, 0.717) is 5.78 Å². The number of Topliss-reactive ketones (excluding diaryl/α,β-unsaturated/α-hetero) is 1. The minimum absolute atomic E-state index is 0.0939. The van der Waals surface area contributed by atoms with Crippen LogP contribution in [-0.2, 0) is 4.79 Å². The number of carbonyl (C=O) groups is 1. The Bertz CT molecular complexity index is 481. The van der Waals surface area contributed by atoms with Gasteiger partial charge in [-0.05, 0) is 24.0 Å². The molecule has 1 nitrogen and oxygen atoms in total. The van der Waals surface area contributed by atoms with Gasteiger partial charge >= 0.3 is 0 Å². The summed E-state index contributed by atoms with van der Waals surface area (Å²) in [5.41, 5.74) is 2.34. The second-order valence-corrected chi connectivity index (χ2v) is 4.91. The smallest absolute Gasteiger partial charge is 0.147 e. The molecule has 0 amide bonds. The molecule has 0 saturated heterocycles. The summed E-state index contributed by atoms with van der Waals surface area (Å²) in [6.45, 7) is 0. The summed E-state index contributed by atoms with van der Waals surface area (Å²) in [5, 5.41) is 0. The highest BCUT2D eigenvalue weighted by atomic mass is 16.1. The molecule has 2 aromatic rings. The number of rotatable bonds is 2. The molecule has 0 N–H and O–H groups in total. The number of hydrogen-bond donors (Lipinski definition) is 0. The highest BCUT2D eigenvalue weighted by Crippen LogP contribution is 2.40. The van der Waals surface area contributed by atoms with Crippen molar-refractivity contribution >= 4 is 5.78 Å². The zero-order valence-corrected chi connectivity index (χ0v) is 10.3. The predicted octanol–water partition coefficient (Wildman–Crippen LogP) is 3.92. The quantitative estimate of drug-likeness (QED) is 0.772. The zero-order valence-electron chi connectivity index (χ0n) is 10.3. The third kappa shape index (κ3) is 1.97. The van der Waals surface area contributed by atoms with Crippen molar-refractivity contribution in [3.8, 4) is 0 Å². The fraction of sp³-hybridized carbons (Fsp3) is 0.235. The van der Waals surface area contributed by atoms with Gasteiger partial charge in [-0.1, -0.05) is 60.7 Å². The third-order valence-corrected chi connectivity index (χ3v) is 3.83. The largest absolute Gasteiger partial charge is 0.298 e. The highest BCUT2D eigenvalue weighted by Gasteiger charge is 2.35. The van der Waals surface area contributed by atoms with Gasteiger partial charge in [-0.2, -0.15) is 0 Å². The van der Waals surface area contributed by atoms with E-state index in [1.165, 1.54) is 11.1 Å². The first-order valence-corrected chi connectivity index (χ1v) is 6.50. The molecular formula is C17H16O. The third-order valence-electron chi connectivity index (χ3n) is 3.83. The van der Waals surface area contributed by atoms with Gasteiger partial charge in [0.25, 0.3) is 0 Å². The zero-order chi connectivity index (χ0) is 12.4. The highest BCUT2D eigenvalue weighted by molar-refractivity contribution is 5.93. The normalized spacial score (nSPS) is 23.2. The van der Waals surface area contributed by atoms with Crippen LogP contribution in [0.1, 0.15) is 35.8 Å². The van der Waals surface area contributed by atoms with E-state index in [1.54, 1.807) is 0 Å². The van der Waals surface area contributed by atoms with E-state index in [2.05, 4.69) is 24.3 Å². The van der Waals surface area contributed by atoms with Gasteiger partial charge in [0.05, 0.1) is 0 Å². The molecule has 0 heterocycles. The van der Waals surface area contributed by atoms with Crippen molar-refractivity contribution < 1.29 is 4.79 Å². The number of benzene rings is 2. The van der Waals surface area contributed by atoms with Gasteiger partial charge in [0.1, 0.15) is 5.78 Å². The Hall–Kier alpha value is -1.89. The summed E-state index contributed by atoms with van der Waals surface area (Å²) in [4.78, 5) is 12.5. The van der Waals surface area contributed by atoms with E-state index in [1.807, 2.05) is 36.4 Å². The Kier molecular flexibility index (Phi) is 2.97. The van der Waals surface area contributed by atoms with Crippen molar-refractivity contribution in [2.24, 2.45) is 0 Å². The van der Waals surface area contributed by atoms with E-state index in [-0.39, 0.29) is 11.8 Å². The maximum atomic E-state index is 12.5. The van der Waals surface area contributed by atoms with Crippen LogP contribution in [0.3, 0.4) is 0 Å². The van der Waals surface area contributed by atoms with Crippen molar-refractivity contribution in [3.63, 3.8) is 0 Å². The van der Waals surface area contributed by atoms with Gasteiger partial charge in [-0.3, -0.25) is 4.79 Å². The molecular weight excluding hydrogens is 220 g/mol. The molecule has 2 atom stereocenters. The predicted molar refractivity (Wildman–Crippen MR) is 72.6 cm³/mol. The molecule has 0 aromatic heterocycles. The Morgan fingerprint density at radius 2 is 1.06 bits per heavy atom. The lowest BCUT2D eigenvalue weighted by atomic mass is 9.92. The van der Waals surface area contributed by atoms with Crippen LogP contribution in [0.25, 0.3) is 0 Å². The molecule has 1 fully saturated rings. The van der Waals surface area contributed by atoms with Crippen LogP contribution in [0, 0.1) is 0 Å². The van der Waals surface area contributed by atoms with Gasteiger partial charge in [-0.15, -0.1) is 0 Å². The minimum Gasteiger partial charge on any atom is -0.298 e. The lowest BCUT2D eigenvalue weighted by Crippen LogP contribution is -2.11. The molecule has 0 radical (unpaired) electrons. The van der Waals surface area contributed by atoms with E-state index in [9.17, 15) is 4.79 Å². The van der Waals surface area contributed by atoms with Crippen molar-refractivity contribution in [2.75, 3.05) is 0 Å². The number of ketones is 1. The van der Waals surface area contributed by atoms with Crippen LogP contribution in [-0.4, -0.2) is 5.78 Å². The molecule has 2 aromatic carbocycles. The van der Waals surface area contributed by atoms with Gasteiger partial charge in [0, 0.05) is 11.8 Å². The number of hydrogen-bond acceptors (Lipinski definition) is 1. The van der Waals surface area contributed by atoms with Gasteiger partial charge in [-0.25, -0.2) is 0 Å². The van der Waals surface area contributed by atoms with E-state index in [0.717, 1.165) is 12.8 Å². The van der Waals surface area contributed by atoms with Crippen LogP contribution in [0.2, 0.25) is 0 Å². The summed E-state index contributed by atoms with van der Waals surface area (Å²) in [6, 6.07) is 20.3. The van der Waals surface area contributed by atoms with Gasteiger partial charge in [0.15, 0.2) is 0 Å². The summed E-state index contributed by atoms with van der Waals surface area (Å²) in [6.07, 6.45) is 1.95. The van der Waals surface area contributed by atoms with Crippen LogP contribution in [0.15, 0.2) is 60.7 Å². The lowest BCUT2D eigenvalue weighted by Gasteiger charge is -2.11. The second-order valence-electron chi connectivity index (χ2n) is 4.91. The first-order chi connectivity index (χ1) is 8.86. The molecule has 1 saturated carbocycles. The summed E-state index contributed by atoms with van der Waals surface area (Å²) < 4.78 is 0. The fourth-order valence-corrected chi connectivity index (χ4v) is 2.89. The van der Waals surface area contributed by atoms with E-state index in [4.69, 9.17) is 0 Å². The summed E-state index contributed by atoms with van der Waals surface area (Å²) in [7, 11) is 0. The molecule has 0 unspecified atom stereocenters. The molecule has 18 heavy (non-hydrogen) atoms. The minimum atomic E-state index is 0.0939. The van der Waals surface area contributed by atoms with E-state index < -0.39 is 0 Å². The van der Waals surface area contributed by atoms with Crippen molar-refractivity contribution in [3.05, 3.63) is 71.8 Å². The standard InChI is InChI=1S/C17H16O/c18-17-15(13-7-3-1-4-8-13)11-12-16(17)14-9-5-2-6-10-14/h1-10,15-16H,11-12H2/t15-,16-/m1/s1. The van der Waals surface area contributed by atoms with Crippen LogP contribution in [0.4, 0.5) is 0 Å². The molecule has 1 aliphatic rings. The second kappa shape index (κ2) is 4.77. The molecule has 1 aliphatic carbocycles. The van der Waals surface area contributed by atoms with Crippen LogP contribution < -0.4 is 0 Å². The van der Waals surface area contributed by atoms with E-state index >= 15 is 0 Å². The maximum absolute atomic E-state index is 12.5. The summed E-state index contributed by atoms with van der Waals surface area (Å²) >= 11 is 0. The molecule has 0 bridgehead atoms. The topological polar surface area (TPSA) is 17.1 Å². The first-order valence-electron chi connectivity index (χ1n) is 6.50. The Balaban J connectivity index is 1.86. The van der Waals surface area contributed by atoms with Crippen molar-refractivity contribution in [1.29, 1.82) is 0 Å². The van der Waals surface area contributed by atoms with Crippen LogP contribution in [0.5, 0.6) is 0 Å². The maximum Gasteiger partial charge on any atom is 0.147 e. The van der Waals surface area contributed by atoms with Crippen molar-refractivity contribution in [2.45, 2.75) is 24.7 Å². The van der Waals surface area contributed by atoms with Crippen LogP contribution >= 0.6 is 0 Å². The fourth-order valence-electron chi connectivity index (χ4n) is 2.89. The van der Waals surface area contributed by atoms with Crippen molar-refractivity contribution in [1.82, 2.24) is 0 Å². The molecule has 3 rings (SSSR count). The Labute approximate surface area is 107 Å². The Morgan fingerprint density at radius 3 is 1.44 bits per heavy atom. The monoisotopic (exact) mass is 236 g/mol.